The minimum atomic E-state index is 0.621. The minimum absolute atomic E-state index is 0.621. The zero-order chi connectivity index (χ0) is 14.5. The van der Waals surface area contributed by atoms with E-state index in [-0.39, 0.29) is 0 Å². The molecule has 1 N–H and O–H groups in total. The normalized spacial score (nSPS) is 20.5. The molecule has 3 heteroatoms. The maximum absolute atomic E-state index is 3.75. The number of likely N-dealkylation sites (tertiary alicyclic amines) is 1. The zero-order valence-corrected chi connectivity index (χ0v) is 13.4. The van der Waals surface area contributed by atoms with Gasteiger partial charge in [-0.15, -0.1) is 0 Å². The molecule has 0 amide bonds. The lowest BCUT2D eigenvalue weighted by atomic mass is 10.1. The van der Waals surface area contributed by atoms with Crippen LogP contribution in [0.3, 0.4) is 0 Å². The number of aryl methyl sites for hydroxylation is 1. The molecule has 112 valence electrons. The fraction of sp³-hybridized carbons (Fsp3) is 0.647. The summed E-state index contributed by atoms with van der Waals surface area (Å²) in [5.74, 6) is 0. The fourth-order valence-corrected chi connectivity index (χ4v) is 2.92. The summed E-state index contributed by atoms with van der Waals surface area (Å²) in [6, 6.07) is 7.31. The SMILES string of the molecule is CCN1CCCC(Nc2ccc(N(C)C)cc2C)CC1. The van der Waals surface area contributed by atoms with Crippen molar-refractivity contribution in [2.45, 2.75) is 39.2 Å². The van der Waals surface area contributed by atoms with Gasteiger partial charge in [0, 0.05) is 38.1 Å². The number of nitrogens with zero attached hydrogens (tertiary/aromatic N) is 2. The van der Waals surface area contributed by atoms with Crippen LogP contribution in [-0.2, 0) is 0 Å². The number of anilines is 2. The maximum atomic E-state index is 3.75. The highest BCUT2D eigenvalue weighted by Crippen LogP contribution is 2.24. The fourth-order valence-electron chi connectivity index (χ4n) is 2.92. The Balaban J connectivity index is 1.99. The Labute approximate surface area is 124 Å². The standard InChI is InChI=1S/C17H29N3/c1-5-20-11-6-7-15(10-12-20)18-17-9-8-16(19(3)4)13-14(17)2/h8-9,13,15,18H,5-7,10-12H2,1-4H3. The Kier molecular flexibility index (Phi) is 5.30. The van der Waals surface area contributed by atoms with E-state index in [4.69, 9.17) is 0 Å². The smallest absolute Gasteiger partial charge is 0.0373 e. The van der Waals surface area contributed by atoms with Crippen LogP contribution < -0.4 is 10.2 Å². The Hall–Kier alpha value is -1.22. The van der Waals surface area contributed by atoms with Gasteiger partial charge in [-0.25, -0.2) is 0 Å². The van der Waals surface area contributed by atoms with Gasteiger partial charge in [0.05, 0.1) is 0 Å². The van der Waals surface area contributed by atoms with Gasteiger partial charge in [-0.1, -0.05) is 6.92 Å². The lowest BCUT2D eigenvalue weighted by molar-refractivity contribution is 0.300. The van der Waals surface area contributed by atoms with E-state index in [0.29, 0.717) is 6.04 Å². The van der Waals surface area contributed by atoms with Gasteiger partial charge < -0.3 is 15.1 Å². The van der Waals surface area contributed by atoms with Crippen LogP contribution in [0.15, 0.2) is 18.2 Å². The van der Waals surface area contributed by atoms with E-state index in [1.807, 2.05) is 0 Å². The van der Waals surface area contributed by atoms with Gasteiger partial charge >= 0.3 is 0 Å². The van der Waals surface area contributed by atoms with E-state index in [2.05, 4.69) is 61.3 Å². The number of hydrogen-bond donors (Lipinski definition) is 1. The molecule has 1 atom stereocenters. The average molecular weight is 275 g/mol. The van der Waals surface area contributed by atoms with Gasteiger partial charge in [0.2, 0.25) is 0 Å². The minimum Gasteiger partial charge on any atom is -0.382 e. The molecule has 1 aromatic carbocycles. The van der Waals surface area contributed by atoms with Crippen molar-refractivity contribution < 1.29 is 0 Å². The molecule has 1 saturated heterocycles. The molecular weight excluding hydrogens is 246 g/mol. The van der Waals surface area contributed by atoms with Crippen molar-refractivity contribution >= 4 is 11.4 Å². The predicted molar refractivity (Wildman–Crippen MR) is 88.9 cm³/mol. The molecule has 1 unspecified atom stereocenters. The van der Waals surface area contributed by atoms with Crippen molar-refractivity contribution in [2.24, 2.45) is 0 Å². The third-order valence-electron chi connectivity index (χ3n) is 4.35. The summed E-state index contributed by atoms with van der Waals surface area (Å²) in [5.41, 5.74) is 3.91. The summed E-state index contributed by atoms with van der Waals surface area (Å²) in [4.78, 5) is 4.71. The molecule has 20 heavy (non-hydrogen) atoms. The third kappa shape index (κ3) is 3.89. The molecular formula is C17H29N3. The predicted octanol–water partition coefficient (Wildman–Crippen LogP) is 3.35. The molecule has 0 saturated carbocycles. The van der Waals surface area contributed by atoms with E-state index in [1.165, 1.54) is 55.8 Å². The first-order valence-electron chi connectivity index (χ1n) is 7.87. The maximum Gasteiger partial charge on any atom is 0.0373 e. The van der Waals surface area contributed by atoms with Crippen LogP contribution in [0.25, 0.3) is 0 Å². The second kappa shape index (κ2) is 6.98. The largest absolute Gasteiger partial charge is 0.382 e. The van der Waals surface area contributed by atoms with Crippen molar-refractivity contribution in [3.63, 3.8) is 0 Å². The third-order valence-corrected chi connectivity index (χ3v) is 4.35. The van der Waals surface area contributed by atoms with Gasteiger partial charge in [-0.05, 0) is 63.0 Å². The molecule has 0 bridgehead atoms. The first-order chi connectivity index (χ1) is 9.60. The number of rotatable bonds is 4. The van der Waals surface area contributed by atoms with E-state index in [0.717, 1.165) is 0 Å². The summed E-state index contributed by atoms with van der Waals surface area (Å²) in [5, 5.41) is 3.75. The zero-order valence-electron chi connectivity index (χ0n) is 13.4. The molecule has 0 aliphatic carbocycles. The second-order valence-corrected chi connectivity index (χ2v) is 6.10. The highest BCUT2D eigenvalue weighted by molar-refractivity contribution is 5.60. The van der Waals surface area contributed by atoms with Crippen molar-refractivity contribution in [2.75, 3.05) is 43.9 Å². The van der Waals surface area contributed by atoms with Gasteiger partial charge in [0.1, 0.15) is 0 Å². The van der Waals surface area contributed by atoms with E-state index < -0.39 is 0 Å². The summed E-state index contributed by atoms with van der Waals surface area (Å²) in [6.45, 7) is 8.13. The van der Waals surface area contributed by atoms with Crippen molar-refractivity contribution in [3.05, 3.63) is 23.8 Å². The Morgan fingerprint density at radius 1 is 1.25 bits per heavy atom. The van der Waals surface area contributed by atoms with Gasteiger partial charge in [-0.3, -0.25) is 0 Å². The molecule has 2 rings (SSSR count). The molecule has 1 aliphatic heterocycles. The van der Waals surface area contributed by atoms with Crippen LogP contribution in [0, 0.1) is 6.92 Å². The highest BCUT2D eigenvalue weighted by Gasteiger charge is 2.16. The molecule has 1 fully saturated rings. The number of nitrogens with one attached hydrogen (secondary N) is 1. The van der Waals surface area contributed by atoms with Crippen LogP contribution >= 0.6 is 0 Å². The first kappa shape index (κ1) is 15.2. The summed E-state index contributed by atoms with van der Waals surface area (Å²) >= 11 is 0. The van der Waals surface area contributed by atoms with Gasteiger partial charge in [-0.2, -0.15) is 0 Å². The lowest BCUT2D eigenvalue weighted by Gasteiger charge is -2.21. The second-order valence-electron chi connectivity index (χ2n) is 6.10. The van der Waals surface area contributed by atoms with Gasteiger partial charge in [0.25, 0.3) is 0 Å². The van der Waals surface area contributed by atoms with Crippen LogP contribution in [0.1, 0.15) is 31.7 Å². The van der Waals surface area contributed by atoms with Crippen molar-refractivity contribution in [1.29, 1.82) is 0 Å². The van der Waals surface area contributed by atoms with E-state index in [1.54, 1.807) is 0 Å². The monoisotopic (exact) mass is 275 g/mol. The first-order valence-corrected chi connectivity index (χ1v) is 7.87. The number of benzene rings is 1. The molecule has 1 aromatic rings. The number of hydrogen-bond acceptors (Lipinski definition) is 3. The average Bonchev–Trinajstić information content (AvgIpc) is 2.66. The lowest BCUT2D eigenvalue weighted by Crippen LogP contribution is -2.26. The highest BCUT2D eigenvalue weighted by atomic mass is 15.1. The van der Waals surface area contributed by atoms with E-state index in [9.17, 15) is 0 Å². The molecule has 0 radical (unpaired) electrons. The molecule has 1 heterocycles. The van der Waals surface area contributed by atoms with Crippen molar-refractivity contribution in [3.8, 4) is 0 Å². The topological polar surface area (TPSA) is 18.5 Å². The van der Waals surface area contributed by atoms with Crippen LogP contribution in [-0.4, -0.2) is 44.7 Å². The molecule has 1 aliphatic rings. The summed E-state index contributed by atoms with van der Waals surface area (Å²) in [6.07, 6.45) is 3.84. The van der Waals surface area contributed by atoms with Crippen LogP contribution in [0.5, 0.6) is 0 Å². The van der Waals surface area contributed by atoms with Crippen LogP contribution in [0.4, 0.5) is 11.4 Å². The summed E-state index contributed by atoms with van der Waals surface area (Å²) in [7, 11) is 4.18. The quantitative estimate of drug-likeness (QED) is 0.909. The van der Waals surface area contributed by atoms with Gasteiger partial charge in [0.15, 0.2) is 0 Å². The molecule has 0 spiro atoms. The van der Waals surface area contributed by atoms with Crippen molar-refractivity contribution in [1.82, 2.24) is 4.90 Å². The van der Waals surface area contributed by atoms with E-state index >= 15 is 0 Å². The Bertz CT molecular complexity index is 428. The molecule has 0 aromatic heterocycles. The Morgan fingerprint density at radius 3 is 2.70 bits per heavy atom. The molecule has 3 nitrogen and oxygen atoms in total. The summed E-state index contributed by atoms with van der Waals surface area (Å²) < 4.78 is 0. The Morgan fingerprint density at radius 2 is 2.05 bits per heavy atom. The van der Waals surface area contributed by atoms with Crippen LogP contribution in [0.2, 0.25) is 0 Å².